The van der Waals surface area contributed by atoms with E-state index in [1.165, 1.54) is 36.8 Å². The maximum Gasteiger partial charge on any atom is 0.0594 e. The monoisotopic (exact) mass is 300 g/mol. The normalized spacial score (nSPS) is 23.1. The molecule has 3 nitrogen and oxygen atoms in total. The Kier molecular flexibility index (Phi) is 4.47. The molecule has 1 aromatic carbocycles. The van der Waals surface area contributed by atoms with Gasteiger partial charge in [0.2, 0.25) is 0 Å². The smallest absolute Gasteiger partial charge is 0.0594 e. The van der Waals surface area contributed by atoms with Crippen LogP contribution in [-0.2, 0) is 17.8 Å². The van der Waals surface area contributed by atoms with Gasteiger partial charge < -0.3 is 10.1 Å². The Morgan fingerprint density at radius 3 is 2.41 bits per heavy atom. The van der Waals surface area contributed by atoms with Crippen molar-refractivity contribution in [1.82, 2.24) is 10.2 Å². The summed E-state index contributed by atoms with van der Waals surface area (Å²) in [6, 6.07) is 9.93. The van der Waals surface area contributed by atoms with E-state index in [1.54, 1.807) is 0 Å². The zero-order valence-corrected chi connectivity index (χ0v) is 13.5. The number of hydrogen-bond donors (Lipinski definition) is 1. The average molecular weight is 300 g/mol. The highest BCUT2D eigenvalue weighted by molar-refractivity contribution is 5.23. The molecule has 4 rings (SSSR count). The number of hydrogen-bond acceptors (Lipinski definition) is 3. The van der Waals surface area contributed by atoms with Crippen LogP contribution in [0.5, 0.6) is 0 Å². The van der Waals surface area contributed by atoms with Crippen LogP contribution in [0.25, 0.3) is 0 Å². The SMILES string of the molecule is c1cc(CNC(C2CC2)C2CC2)cc(CN2CCOCC2)c1. The lowest BCUT2D eigenvalue weighted by molar-refractivity contribution is 0.0342. The summed E-state index contributed by atoms with van der Waals surface area (Å²) in [4.78, 5) is 2.49. The first kappa shape index (κ1) is 14.7. The largest absolute Gasteiger partial charge is 0.379 e. The number of ether oxygens (including phenoxy) is 1. The van der Waals surface area contributed by atoms with Crippen molar-refractivity contribution in [2.75, 3.05) is 26.3 Å². The number of rotatable bonds is 7. The molecule has 0 bridgehead atoms. The van der Waals surface area contributed by atoms with E-state index in [2.05, 4.69) is 34.5 Å². The fourth-order valence-corrected chi connectivity index (χ4v) is 3.72. The first-order valence-electron chi connectivity index (χ1n) is 9.00. The third-order valence-electron chi connectivity index (χ3n) is 5.30. The first-order chi connectivity index (χ1) is 10.9. The molecular formula is C19H28N2O. The average Bonchev–Trinajstić information content (AvgIpc) is 3.43. The Hall–Kier alpha value is -0.900. The molecule has 0 unspecified atom stereocenters. The minimum Gasteiger partial charge on any atom is -0.379 e. The maximum atomic E-state index is 5.43. The van der Waals surface area contributed by atoms with Gasteiger partial charge >= 0.3 is 0 Å². The molecule has 1 N–H and O–H groups in total. The molecule has 0 aromatic heterocycles. The van der Waals surface area contributed by atoms with Crippen LogP contribution in [0.3, 0.4) is 0 Å². The Morgan fingerprint density at radius 1 is 1.05 bits per heavy atom. The van der Waals surface area contributed by atoms with Gasteiger partial charge in [0.1, 0.15) is 0 Å². The third kappa shape index (κ3) is 3.89. The van der Waals surface area contributed by atoms with E-state index in [4.69, 9.17) is 4.74 Å². The van der Waals surface area contributed by atoms with Crippen molar-refractivity contribution in [1.29, 1.82) is 0 Å². The zero-order chi connectivity index (χ0) is 14.8. The molecule has 0 amide bonds. The zero-order valence-electron chi connectivity index (χ0n) is 13.5. The van der Waals surface area contributed by atoms with E-state index < -0.39 is 0 Å². The van der Waals surface area contributed by atoms with E-state index in [1.807, 2.05) is 0 Å². The molecule has 1 saturated heterocycles. The Bertz CT molecular complexity index is 478. The number of nitrogens with zero attached hydrogens (tertiary/aromatic N) is 1. The molecule has 1 aromatic rings. The van der Waals surface area contributed by atoms with E-state index >= 15 is 0 Å². The highest BCUT2D eigenvalue weighted by Crippen LogP contribution is 2.44. The molecule has 3 fully saturated rings. The molecule has 0 radical (unpaired) electrons. The quantitative estimate of drug-likeness (QED) is 0.838. The van der Waals surface area contributed by atoms with E-state index in [0.717, 1.165) is 57.3 Å². The summed E-state index contributed by atoms with van der Waals surface area (Å²) in [5, 5.41) is 3.86. The van der Waals surface area contributed by atoms with Crippen molar-refractivity contribution in [2.45, 2.75) is 44.8 Å². The predicted octanol–water partition coefficient (Wildman–Crippen LogP) is 2.80. The molecule has 120 valence electrons. The number of nitrogens with one attached hydrogen (secondary N) is 1. The van der Waals surface area contributed by atoms with E-state index in [9.17, 15) is 0 Å². The van der Waals surface area contributed by atoms with Gasteiger partial charge in [-0.25, -0.2) is 0 Å². The van der Waals surface area contributed by atoms with Crippen LogP contribution in [0, 0.1) is 11.8 Å². The Morgan fingerprint density at radius 2 is 1.73 bits per heavy atom. The second-order valence-corrected chi connectivity index (χ2v) is 7.29. The second kappa shape index (κ2) is 6.69. The molecule has 3 aliphatic rings. The lowest BCUT2D eigenvalue weighted by Crippen LogP contribution is -2.35. The molecule has 22 heavy (non-hydrogen) atoms. The maximum absolute atomic E-state index is 5.43. The van der Waals surface area contributed by atoms with Gasteiger partial charge in [-0.15, -0.1) is 0 Å². The highest BCUT2D eigenvalue weighted by Gasteiger charge is 2.40. The summed E-state index contributed by atoms with van der Waals surface area (Å²) in [5.41, 5.74) is 2.88. The number of benzene rings is 1. The van der Waals surface area contributed by atoms with Gasteiger partial charge in [0.15, 0.2) is 0 Å². The molecule has 1 heterocycles. The summed E-state index contributed by atoms with van der Waals surface area (Å²) in [6.45, 7) is 5.99. The predicted molar refractivity (Wildman–Crippen MR) is 88.6 cm³/mol. The molecule has 3 heteroatoms. The molecule has 0 spiro atoms. The van der Waals surface area contributed by atoms with Crippen molar-refractivity contribution < 1.29 is 4.74 Å². The van der Waals surface area contributed by atoms with Crippen LogP contribution in [0.15, 0.2) is 24.3 Å². The fraction of sp³-hybridized carbons (Fsp3) is 0.684. The van der Waals surface area contributed by atoms with Gasteiger partial charge in [-0.3, -0.25) is 4.90 Å². The van der Waals surface area contributed by atoms with Crippen molar-refractivity contribution in [3.63, 3.8) is 0 Å². The van der Waals surface area contributed by atoms with Gasteiger partial charge in [-0.2, -0.15) is 0 Å². The third-order valence-corrected chi connectivity index (χ3v) is 5.30. The lowest BCUT2D eigenvalue weighted by atomic mass is 10.1. The van der Waals surface area contributed by atoms with Gasteiger partial charge in [0.25, 0.3) is 0 Å². The minimum absolute atomic E-state index is 0.794. The van der Waals surface area contributed by atoms with Crippen LogP contribution in [0.2, 0.25) is 0 Å². The minimum atomic E-state index is 0.794. The van der Waals surface area contributed by atoms with Crippen molar-refractivity contribution in [2.24, 2.45) is 11.8 Å². The highest BCUT2D eigenvalue weighted by atomic mass is 16.5. The van der Waals surface area contributed by atoms with Crippen molar-refractivity contribution in [3.05, 3.63) is 35.4 Å². The molecule has 2 aliphatic carbocycles. The summed E-state index contributed by atoms with van der Waals surface area (Å²) >= 11 is 0. The molecular weight excluding hydrogens is 272 g/mol. The number of morpholine rings is 1. The van der Waals surface area contributed by atoms with Crippen LogP contribution < -0.4 is 5.32 Å². The second-order valence-electron chi connectivity index (χ2n) is 7.29. The fourth-order valence-electron chi connectivity index (χ4n) is 3.72. The van der Waals surface area contributed by atoms with Gasteiger partial charge in [-0.05, 0) is 48.6 Å². The summed E-state index contributed by atoms with van der Waals surface area (Å²) in [5.74, 6) is 1.95. The van der Waals surface area contributed by atoms with Crippen molar-refractivity contribution >= 4 is 0 Å². The lowest BCUT2D eigenvalue weighted by Gasteiger charge is -2.26. The van der Waals surface area contributed by atoms with E-state index in [-0.39, 0.29) is 0 Å². The summed E-state index contributed by atoms with van der Waals surface area (Å²) in [7, 11) is 0. The Balaban J connectivity index is 1.32. The van der Waals surface area contributed by atoms with Gasteiger partial charge in [-0.1, -0.05) is 24.3 Å². The standard InChI is InChI=1S/C19H28N2O/c1-2-15(13-20-19(17-4-5-17)18-6-7-18)12-16(3-1)14-21-8-10-22-11-9-21/h1-3,12,17-20H,4-11,13-14H2. The molecule has 0 atom stereocenters. The van der Waals surface area contributed by atoms with Crippen LogP contribution >= 0.6 is 0 Å². The Labute approximate surface area is 134 Å². The topological polar surface area (TPSA) is 24.5 Å². The van der Waals surface area contributed by atoms with Crippen LogP contribution in [0.4, 0.5) is 0 Å². The van der Waals surface area contributed by atoms with E-state index in [0.29, 0.717) is 0 Å². The summed E-state index contributed by atoms with van der Waals surface area (Å²) < 4.78 is 5.43. The van der Waals surface area contributed by atoms with Crippen LogP contribution in [0.1, 0.15) is 36.8 Å². The van der Waals surface area contributed by atoms with Crippen LogP contribution in [-0.4, -0.2) is 37.2 Å². The molecule has 1 aliphatic heterocycles. The van der Waals surface area contributed by atoms with Gasteiger partial charge in [0, 0.05) is 32.2 Å². The molecule has 2 saturated carbocycles. The summed E-state index contributed by atoms with van der Waals surface area (Å²) in [6.07, 6.45) is 5.80. The first-order valence-corrected chi connectivity index (χ1v) is 9.00. The van der Waals surface area contributed by atoms with Crippen molar-refractivity contribution in [3.8, 4) is 0 Å². The van der Waals surface area contributed by atoms with Gasteiger partial charge in [0.05, 0.1) is 13.2 Å².